The van der Waals surface area contributed by atoms with E-state index >= 15 is 0 Å². The van der Waals surface area contributed by atoms with Crippen molar-refractivity contribution in [1.82, 2.24) is 0 Å². The Hall–Kier alpha value is -0.480. The zero-order valence-electron chi connectivity index (χ0n) is 23.6. The van der Waals surface area contributed by atoms with Gasteiger partial charge in [0.1, 0.15) is 48.8 Å². The quantitative estimate of drug-likeness (QED) is 0.232. The van der Waals surface area contributed by atoms with Crippen LogP contribution in [0.3, 0.4) is 0 Å². The number of hydrogen-bond donors (Lipinski definition) is 0. The number of unbranched alkanes of at least 4 members (excludes halogenated alkanes) is 2. The zero-order chi connectivity index (χ0) is 27.2. The predicted molar refractivity (Wildman–Crippen MR) is 132 cm³/mol. The summed E-state index contributed by atoms with van der Waals surface area (Å²) in [6.07, 6.45) is -1.51. The van der Waals surface area contributed by atoms with Crippen LogP contribution in [0.5, 0.6) is 0 Å². The van der Waals surface area contributed by atoms with Crippen molar-refractivity contribution in [2.45, 2.75) is 80.7 Å². The first-order valence-corrected chi connectivity index (χ1v) is 12.7. The van der Waals surface area contributed by atoms with Gasteiger partial charge in [-0.1, -0.05) is 0 Å². The molecule has 2 fully saturated rings. The van der Waals surface area contributed by atoms with E-state index in [2.05, 4.69) is 0 Å². The minimum atomic E-state index is -0.590. The molecule has 0 bridgehead atoms. The molecule has 220 valence electrons. The topological polar surface area (TPSA) is 111 Å². The van der Waals surface area contributed by atoms with Crippen molar-refractivity contribution in [3.05, 3.63) is 0 Å². The molecule has 0 radical (unpaired) electrons. The first-order valence-electron chi connectivity index (χ1n) is 12.7. The third-order valence-corrected chi connectivity index (χ3v) is 6.83. The monoisotopic (exact) mass is 540 g/mol. The standard InChI is InChI=1S/C25H48O12/c1-26-14-16-18(28-3)20(30-5)22(32-7)24(36-16)34-12-10-9-11-13-35-25-23(33-8)21(31-6)19(29-4)17(37-25)15-27-2/h16-25H,9-15H2,1-8H3/t16-,17-,18-,19-,20+,21+,22-,23-,24-,25-/m1/s1. The molecule has 2 heterocycles. The maximum atomic E-state index is 6.10. The number of ether oxygens (including phenoxy) is 12. The predicted octanol–water partition coefficient (Wildman–Crippen LogP) is 1.02. The van der Waals surface area contributed by atoms with E-state index in [0.717, 1.165) is 19.3 Å². The molecule has 0 N–H and O–H groups in total. The van der Waals surface area contributed by atoms with Crippen molar-refractivity contribution in [2.24, 2.45) is 0 Å². The first kappa shape index (κ1) is 32.7. The van der Waals surface area contributed by atoms with Gasteiger partial charge in [-0.3, -0.25) is 0 Å². The van der Waals surface area contributed by atoms with Gasteiger partial charge >= 0.3 is 0 Å². The summed E-state index contributed by atoms with van der Waals surface area (Å²) >= 11 is 0. The fraction of sp³-hybridized carbons (Fsp3) is 1.00. The van der Waals surface area contributed by atoms with Crippen molar-refractivity contribution < 1.29 is 56.8 Å². The molecule has 2 aliphatic rings. The molecule has 0 aromatic rings. The minimum Gasteiger partial charge on any atom is -0.382 e. The molecule has 0 amide bonds. The number of rotatable bonds is 18. The molecular formula is C25H48O12. The minimum absolute atomic E-state index is 0.329. The highest BCUT2D eigenvalue weighted by Crippen LogP contribution is 2.29. The van der Waals surface area contributed by atoms with Gasteiger partial charge in [0.2, 0.25) is 0 Å². The molecule has 12 nitrogen and oxygen atoms in total. The van der Waals surface area contributed by atoms with Crippen molar-refractivity contribution in [3.8, 4) is 0 Å². The summed E-state index contributed by atoms with van der Waals surface area (Å²) in [6.45, 7) is 1.71. The maximum absolute atomic E-state index is 6.10. The van der Waals surface area contributed by atoms with Gasteiger partial charge in [-0.05, 0) is 19.3 Å². The van der Waals surface area contributed by atoms with Gasteiger partial charge in [0.15, 0.2) is 12.6 Å². The highest BCUT2D eigenvalue weighted by Gasteiger charge is 2.48. The van der Waals surface area contributed by atoms with Gasteiger partial charge in [-0.15, -0.1) is 0 Å². The van der Waals surface area contributed by atoms with Crippen LogP contribution in [0.4, 0.5) is 0 Å². The molecule has 0 saturated carbocycles. The van der Waals surface area contributed by atoms with Crippen molar-refractivity contribution >= 4 is 0 Å². The molecule has 37 heavy (non-hydrogen) atoms. The van der Waals surface area contributed by atoms with E-state index in [1.807, 2.05) is 0 Å². The second kappa shape index (κ2) is 18.0. The summed E-state index contributed by atoms with van der Waals surface area (Å²) in [5, 5.41) is 0. The van der Waals surface area contributed by atoms with Gasteiger partial charge in [-0.25, -0.2) is 0 Å². The van der Waals surface area contributed by atoms with Crippen LogP contribution < -0.4 is 0 Å². The first-order chi connectivity index (χ1) is 18.0. The fourth-order valence-corrected chi connectivity index (χ4v) is 5.00. The van der Waals surface area contributed by atoms with Crippen LogP contribution in [0, 0.1) is 0 Å². The van der Waals surface area contributed by atoms with Crippen molar-refractivity contribution in [1.29, 1.82) is 0 Å². The Balaban J connectivity index is 1.79. The molecule has 2 aliphatic heterocycles. The van der Waals surface area contributed by atoms with Crippen LogP contribution in [0.2, 0.25) is 0 Å². The Labute approximate surface area is 221 Å². The average Bonchev–Trinajstić information content (AvgIpc) is 2.91. The van der Waals surface area contributed by atoms with E-state index in [0.29, 0.717) is 26.4 Å². The Morgan fingerprint density at radius 1 is 0.432 bits per heavy atom. The smallest absolute Gasteiger partial charge is 0.186 e. The highest BCUT2D eigenvalue weighted by atomic mass is 16.7. The van der Waals surface area contributed by atoms with E-state index in [1.54, 1.807) is 56.9 Å². The molecule has 0 unspecified atom stereocenters. The summed E-state index contributed by atoms with van der Waals surface area (Å²) in [6, 6.07) is 0. The van der Waals surface area contributed by atoms with Crippen molar-refractivity contribution in [2.75, 3.05) is 83.3 Å². The largest absolute Gasteiger partial charge is 0.382 e. The lowest BCUT2D eigenvalue weighted by Gasteiger charge is -2.44. The number of hydrogen-bond acceptors (Lipinski definition) is 12. The van der Waals surface area contributed by atoms with Crippen molar-refractivity contribution in [3.63, 3.8) is 0 Å². The molecule has 2 rings (SSSR count). The highest BCUT2D eigenvalue weighted by molar-refractivity contribution is 4.93. The number of methoxy groups -OCH3 is 8. The summed E-state index contributed by atoms with van der Waals surface area (Å²) < 4.78 is 68.7. The van der Waals surface area contributed by atoms with Gasteiger partial charge in [0.05, 0.1) is 13.2 Å². The second-order valence-electron chi connectivity index (χ2n) is 9.00. The molecule has 0 aromatic carbocycles. The molecule has 0 aromatic heterocycles. The normalized spacial score (nSPS) is 36.6. The van der Waals surface area contributed by atoms with Crippen LogP contribution in [0.1, 0.15) is 19.3 Å². The fourth-order valence-electron chi connectivity index (χ4n) is 5.00. The lowest BCUT2D eigenvalue weighted by atomic mass is 9.98. The van der Waals surface area contributed by atoms with E-state index < -0.39 is 24.8 Å². The van der Waals surface area contributed by atoms with Crippen LogP contribution in [-0.4, -0.2) is 145 Å². The molecule has 2 saturated heterocycles. The van der Waals surface area contributed by atoms with Gasteiger partial charge < -0.3 is 56.8 Å². The molecular weight excluding hydrogens is 492 g/mol. The van der Waals surface area contributed by atoms with Gasteiger partial charge in [0, 0.05) is 70.1 Å². The Bertz CT molecular complexity index is 536. The summed E-state index contributed by atoms with van der Waals surface area (Å²) in [4.78, 5) is 0. The van der Waals surface area contributed by atoms with Crippen LogP contribution in [-0.2, 0) is 56.8 Å². The SMILES string of the molecule is COC[C@H]1O[C@@H](OCCCCCO[C@@H]2O[C@H](COC)[C@@H](OC)[C@H](OC)[C@H]2OC)[C@H](OC)[C@@H](OC)[C@@H]1OC. The average molecular weight is 541 g/mol. The zero-order valence-corrected chi connectivity index (χ0v) is 23.6. The second-order valence-corrected chi connectivity index (χ2v) is 9.00. The van der Waals surface area contributed by atoms with Gasteiger partial charge in [-0.2, -0.15) is 0 Å². The van der Waals surface area contributed by atoms with Crippen LogP contribution in [0.25, 0.3) is 0 Å². The summed E-state index contributed by atoms with van der Waals surface area (Å²) in [5.41, 5.74) is 0. The van der Waals surface area contributed by atoms with Crippen LogP contribution in [0.15, 0.2) is 0 Å². The molecule has 0 aliphatic carbocycles. The Morgan fingerprint density at radius 2 is 0.784 bits per heavy atom. The van der Waals surface area contributed by atoms with E-state index in [4.69, 9.17) is 56.8 Å². The van der Waals surface area contributed by atoms with Crippen LogP contribution >= 0.6 is 0 Å². The third-order valence-electron chi connectivity index (χ3n) is 6.83. The Morgan fingerprint density at radius 3 is 1.08 bits per heavy atom. The van der Waals surface area contributed by atoms with Gasteiger partial charge in [0.25, 0.3) is 0 Å². The summed E-state index contributed by atoms with van der Waals surface area (Å²) in [7, 11) is 12.9. The van der Waals surface area contributed by atoms with E-state index in [1.165, 1.54) is 0 Å². The van der Waals surface area contributed by atoms with E-state index in [9.17, 15) is 0 Å². The maximum Gasteiger partial charge on any atom is 0.186 e. The lowest BCUT2D eigenvalue weighted by molar-refractivity contribution is -0.314. The third kappa shape index (κ3) is 8.75. The summed E-state index contributed by atoms with van der Waals surface area (Å²) in [5.74, 6) is 0. The molecule has 12 heteroatoms. The lowest BCUT2D eigenvalue weighted by Crippen LogP contribution is -2.61. The molecule has 10 atom stereocenters. The van der Waals surface area contributed by atoms with E-state index in [-0.39, 0.29) is 36.6 Å². The Kier molecular flexibility index (Phi) is 15.9. The molecule has 0 spiro atoms.